The van der Waals surface area contributed by atoms with Crippen molar-refractivity contribution in [3.05, 3.63) is 35.4 Å². The summed E-state index contributed by atoms with van der Waals surface area (Å²) in [7, 11) is 0. The number of thioether (sulfide) groups is 1. The van der Waals surface area contributed by atoms with Gasteiger partial charge in [-0.1, -0.05) is 24.3 Å². The van der Waals surface area contributed by atoms with E-state index in [1.165, 1.54) is 31.6 Å². The van der Waals surface area contributed by atoms with Crippen LogP contribution >= 0.6 is 11.8 Å². The van der Waals surface area contributed by atoms with Gasteiger partial charge in [0, 0.05) is 6.04 Å². The molecule has 82 valence electrons. The SMILES string of the molecule is CSCCCNC1Cc2ccccc2C1. The molecule has 0 unspecified atom stereocenters. The van der Waals surface area contributed by atoms with Gasteiger partial charge in [0.25, 0.3) is 0 Å². The molecule has 2 heteroatoms. The molecule has 0 atom stereocenters. The quantitative estimate of drug-likeness (QED) is 0.767. The van der Waals surface area contributed by atoms with Crippen LogP contribution in [-0.4, -0.2) is 24.6 Å². The van der Waals surface area contributed by atoms with Gasteiger partial charge in [-0.2, -0.15) is 11.8 Å². The van der Waals surface area contributed by atoms with Crippen molar-refractivity contribution in [2.24, 2.45) is 0 Å². The molecule has 1 nitrogen and oxygen atoms in total. The first-order chi connectivity index (χ1) is 7.40. The highest BCUT2D eigenvalue weighted by atomic mass is 32.2. The Hall–Kier alpha value is -0.470. The van der Waals surface area contributed by atoms with E-state index < -0.39 is 0 Å². The lowest BCUT2D eigenvalue weighted by molar-refractivity contribution is 0.533. The molecule has 0 amide bonds. The molecule has 1 aliphatic rings. The molecule has 0 fully saturated rings. The molecule has 1 aliphatic carbocycles. The second-order valence-corrected chi connectivity index (χ2v) is 5.16. The third-order valence-corrected chi connectivity index (χ3v) is 3.71. The van der Waals surface area contributed by atoms with Gasteiger partial charge in [-0.3, -0.25) is 0 Å². The lowest BCUT2D eigenvalue weighted by Crippen LogP contribution is -2.30. The van der Waals surface area contributed by atoms with E-state index in [2.05, 4.69) is 35.8 Å². The zero-order chi connectivity index (χ0) is 10.5. The number of nitrogens with one attached hydrogen (secondary N) is 1. The normalized spacial score (nSPS) is 15.5. The van der Waals surface area contributed by atoms with Gasteiger partial charge in [-0.15, -0.1) is 0 Å². The van der Waals surface area contributed by atoms with Crippen molar-refractivity contribution in [3.8, 4) is 0 Å². The predicted molar refractivity (Wildman–Crippen MR) is 68.6 cm³/mol. The van der Waals surface area contributed by atoms with Gasteiger partial charge in [0.2, 0.25) is 0 Å². The summed E-state index contributed by atoms with van der Waals surface area (Å²) in [5, 5.41) is 3.65. The van der Waals surface area contributed by atoms with E-state index in [-0.39, 0.29) is 0 Å². The molecule has 0 radical (unpaired) electrons. The maximum atomic E-state index is 3.65. The molecule has 0 saturated carbocycles. The van der Waals surface area contributed by atoms with Crippen molar-refractivity contribution in [1.29, 1.82) is 0 Å². The summed E-state index contributed by atoms with van der Waals surface area (Å²) in [6.07, 6.45) is 5.89. The number of rotatable bonds is 5. The second kappa shape index (κ2) is 5.57. The van der Waals surface area contributed by atoms with Gasteiger partial charge in [-0.25, -0.2) is 0 Å². The molecule has 0 aliphatic heterocycles. The molecular weight excluding hydrogens is 202 g/mol. The Morgan fingerprint density at radius 2 is 1.93 bits per heavy atom. The summed E-state index contributed by atoms with van der Waals surface area (Å²) in [4.78, 5) is 0. The second-order valence-electron chi connectivity index (χ2n) is 4.17. The monoisotopic (exact) mass is 221 g/mol. The van der Waals surface area contributed by atoms with Crippen LogP contribution in [0.15, 0.2) is 24.3 Å². The van der Waals surface area contributed by atoms with Crippen molar-refractivity contribution in [3.63, 3.8) is 0 Å². The standard InChI is InChI=1S/C13H19NS/c1-15-8-4-7-14-13-9-11-5-2-3-6-12(11)10-13/h2-3,5-6,13-14H,4,7-10H2,1H3. The maximum Gasteiger partial charge on any atom is 0.0148 e. The van der Waals surface area contributed by atoms with Gasteiger partial charge in [0.15, 0.2) is 0 Å². The first-order valence-electron chi connectivity index (χ1n) is 5.69. The van der Waals surface area contributed by atoms with E-state index in [4.69, 9.17) is 0 Å². The summed E-state index contributed by atoms with van der Waals surface area (Å²) in [6, 6.07) is 9.51. The van der Waals surface area contributed by atoms with Crippen LogP contribution in [0.25, 0.3) is 0 Å². The summed E-state index contributed by atoms with van der Waals surface area (Å²) in [6.45, 7) is 1.17. The number of benzene rings is 1. The Morgan fingerprint density at radius 1 is 1.27 bits per heavy atom. The molecule has 1 N–H and O–H groups in total. The van der Waals surface area contributed by atoms with Crippen LogP contribution in [-0.2, 0) is 12.8 Å². The average molecular weight is 221 g/mol. The Bertz CT molecular complexity index is 286. The number of hydrogen-bond acceptors (Lipinski definition) is 2. The summed E-state index contributed by atoms with van der Waals surface area (Å²) in [5.41, 5.74) is 3.08. The molecule has 1 aromatic rings. The number of hydrogen-bond donors (Lipinski definition) is 1. The Balaban J connectivity index is 1.76. The molecule has 0 heterocycles. The highest BCUT2D eigenvalue weighted by Gasteiger charge is 2.19. The fourth-order valence-electron chi connectivity index (χ4n) is 2.23. The van der Waals surface area contributed by atoms with Crippen LogP contribution in [0.5, 0.6) is 0 Å². The Labute approximate surface area is 96.7 Å². The third kappa shape index (κ3) is 2.99. The maximum absolute atomic E-state index is 3.65. The zero-order valence-electron chi connectivity index (χ0n) is 9.33. The topological polar surface area (TPSA) is 12.0 Å². The average Bonchev–Trinajstić information content (AvgIpc) is 2.67. The van der Waals surface area contributed by atoms with Crippen LogP contribution in [0.4, 0.5) is 0 Å². The lowest BCUT2D eigenvalue weighted by atomic mass is 10.1. The Kier molecular flexibility index (Phi) is 4.09. The van der Waals surface area contributed by atoms with Crippen LogP contribution in [0, 0.1) is 0 Å². The first kappa shape index (κ1) is 11.0. The van der Waals surface area contributed by atoms with Crippen LogP contribution in [0.1, 0.15) is 17.5 Å². The molecular formula is C13H19NS. The third-order valence-electron chi connectivity index (χ3n) is 3.01. The molecule has 0 aromatic heterocycles. The van der Waals surface area contributed by atoms with E-state index in [1.807, 2.05) is 11.8 Å². The minimum Gasteiger partial charge on any atom is -0.313 e. The van der Waals surface area contributed by atoms with Crippen LogP contribution in [0.2, 0.25) is 0 Å². The predicted octanol–water partition coefficient (Wildman–Crippen LogP) is 2.50. The van der Waals surface area contributed by atoms with Gasteiger partial charge in [0.1, 0.15) is 0 Å². The molecule has 15 heavy (non-hydrogen) atoms. The number of fused-ring (bicyclic) bond motifs is 1. The highest BCUT2D eigenvalue weighted by molar-refractivity contribution is 7.98. The largest absolute Gasteiger partial charge is 0.313 e. The molecule has 0 bridgehead atoms. The van der Waals surface area contributed by atoms with E-state index in [0.29, 0.717) is 6.04 Å². The van der Waals surface area contributed by atoms with E-state index >= 15 is 0 Å². The van der Waals surface area contributed by atoms with Gasteiger partial charge >= 0.3 is 0 Å². The fourth-order valence-corrected chi connectivity index (χ4v) is 2.66. The van der Waals surface area contributed by atoms with Crippen molar-refractivity contribution in [2.45, 2.75) is 25.3 Å². The van der Waals surface area contributed by atoms with Crippen molar-refractivity contribution < 1.29 is 0 Å². The first-order valence-corrected chi connectivity index (χ1v) is 7.08. The van der Waals surface area contributed by atoms with E-state index in [1.54, 1.807) is 11.1 Å². The van der Waals surface area contributed by atoms with Crippen LogP contribution < -0.4 is 5.32 Å². The van der Waals surface area contributed by atoms with Crippen LogP contribution in [0.3, 0.4) is 0 Å². The summed E-state index contributed by atoms with van der Waals surface area (Å²) < 4.78 is 0. The minimum atomic E-state index is 0.684. The molecule has 0 spiro atoms. The summed E-state index contributed by atoms with van der Waals surface area (Å²) >= 11 is 1.93. The van der Waals surface area contributed by atoms with Gasteiger partial charge in [0.05, 0.1) is 0 Å². The molecule has 2 rings (SSSR count). The van der Waals surface area contributed by atoms with Crippen molar-refractivity contribution >= 4 is 11.8 Å². The van der Waals surface area contributed by atoms with Crippen molar-refractivity contribution in [1.82, 2.24) is 5.32 Å². The smallest absolute Gasteiger partial charge is 0.0148 e. The van der Waals surface area contributed by atoms with Gasteiger partial charge < -0.3 is 5.32 Å². The molecule has 0 saturated heterocycles. The van der Waals surface area contributed by atoms with Gasteiger partial charge in [-0.05, 0) is 48.9 Å². The zero-order valence-corrected chi connectivity index (χ0v) is 10.1. The lowest BCUT2D eigenvalue weighted by Gasteiger charge is -2.10. The van der Waals surface area contributed by atoms with E-state index in [0.717, 1.165) is 0 Å². The Morgan fingerprint density at radius 3 is 2.53 bits per heavy atom. The minimum absolute atomic E-state index is 0.684. The van der Waals surface area contributed by atoms with E-state index in [9.17, 15) is 0 Å². The summed E-state index contributed by atoms with van der Waals surface area (Å²) in [5.74, 6) is 1.27. The molecule has 1 aromatic carbocycles. The highest BCUT2D eigenvalue weighted by Crippen LogP contribution is 2.21. The fraction of sp³-hybridized carbons (Fsp3) is 0.538. The van der Waals surface area contributed by atoms with Crippen molar-refractivity contribution in [2.75, 3.05) is 18.6 Å².